The molecule has 15 rings (SSSR count). The van der Waals surface area contributed by atoms with E-state index in [0.29, 0.717) is 12.6 Å². The summed E-state index contributed by atoms with van der Waals surface area (Å²) in [7, 11) is 0. The lowest BCUT2D eigenvalue weighted by Gasteiger charge is -2.34. The molecule has 0 N–H and O–H groups in total. The van der Waals surface area contributed by atoms with Gasteiger partial charge in [-0.3, -0.25) is 4.57 Å². The van der Waals surface area contributed by atoms with Crippen molar-refractivity contribution in [2.75, 3.05) is 0 Å². The molecule has 370 valence electrons. The van der Waals surface area contributed by atoms with Crippen LogP contribution in [-0.4, -0.2) is 20.8 Å². The maximum absolute atomic E-state index is 5.75. The van der Waals surface area contributed by atoms with Gasteiger partial charge in [0.05, 0.1) is 32.9 Å². The molecule has 13 aromatic rings. The Balaban J connectivity index is 0.00000273. The molecule has 0 unspecified atom stereocenters. The van der Waals surface area contributed by atoms with Crippen molar-refractivity contribution in [2.45, 2.75) is 24.4 Å². The highest BCUT2D eigenvalue weighted by molar-refractivity contribution is 6.18. The molecule has 0 saturated carbocycles. The van der Waals surface area contributed by atoms with Crippen molar-refractivity contribution in [1.82, 2.24) is 9.13 Å². The van der Waals surface area contributed by atoms with E-state index < -0.39 is 10.8 Å². The van der Waals surface area contributed by atoms with E-state index >= 15 is 0 Å². The number of fused-ring (bicyclic) bond motifs is 12. The van der Waals surface area contributed by atoms with Gasteiger partial charge >= 0.3 is 0 Å². The zero-order valence-electron chi connectivity index (χ0n) is 43.4. The molecular formula is C74H54N4. The van der Waals surface area contributed by atoms with E-state index in [0.717, 1.165) is 44.1 Å². The Labute approximate surface area is 454 Å². The summed E-state index contributed by atoms with van der Waals surface area (Å²) in [4.78, 5) is 11.4. The van der Waals surface area contributed by atoms with Crippen LogP contribution in [0.2, 0.25) is 0 Å². The van der Waals surface area contributed by atoms with Crippen LogP contribution in [0.25, 0.3) is 65.9 Å². The van der Waals surface area contributed by atoms with E-state index in [-0.39, 0.29) is 0 Å². The first kappa shape index (κ1) is 46.6. The summed E-state index contributed by atoms with van der Waals surface area (Å²) < 4.78 is 4.73. The van der Waals surface area contributed by atoms with Crippen molar-refractivity contribution in [2.24, 2.45) is 9.98 Å². The average Bonchev–Trinajstić information content (AvgIpc) is 3.07. The lowest BCUT2D eigenvalue weighted by atomic mass is 9.67. The standard InChI is InChI=1S/C72H50N4.C2H4/c1-48(49-25-7-2-8-26-49)74-70(76-67-42-24-20-38-57(67)61-44-65-59(46-69(61)76)55-36-18-22-40-63(55)72(65,52-31-13-5-14-32-52)53-33-15-6-16-34-53)73-47-75-66-41-23-19-37-56(66)60-43-64-58(45-68(60)75)54-35-17-21-39-62(54)71(64,50-27-9-3-10-28-50)51-29-11-4-12-30-51;1-2/h2-46H,47H2,1H3;1-2H2/b73-70+,74-48+;. The van der Waals surface area contributed by atoms with Crippen LogP contribution in [0.4, 0.5) is 0 Å². The fourth-order valence-corrected chi connectivity index (χ4v) is 13.4. The van der Waals surface area contributed by atoms with Gasteiger partial charge in [-0.1, -0.05) is 237 Å². The van der Waals surface area contributed by atoms with E-state index in [1.54, 1.807) is 0 Å². The van der Waals surface area contributed by atoms with E-state index in [1.165, 1.54) is 77.5 Å². The second kappa shape index (κ2) is 18.7. The van der Waals surface area contributed by atoms with Gasteiger partial charge in [-0.2, -0.15) is 0 Å². The predicted octanol–water partition coefficient (Wildman–Crippen LogP) is 17.8. The number of benzene rings is 11. The predicted molar refractivity (Wildman–Crippen MR) is 326 cm³/mol. The van der Waals surface area contributed by atoms with Gasteiger partial charge in [0.15, 0.2) is 0 Å². The normalized spacial score (nSPS) is 14.0. The van der Waals surface area contributed by atoms with Gasteiger partial charge < -0.3 is 4.57 Å². The highest BCUT2D eigenvalue weighted by Crippen LogP contribution is 2.59. The first-order valence-electron chi connectivity index (χ1n) is 26.8. The van der Waals surface area contributed by atoms with E-state index in [1.807, 2.05) is 0 Å². The van der Waals surface area contributed by atoms with Crippen LogP contribution in [0.15, 0.2) is 296 Å². The highest BCUT2D eigenvalue weighted by Gasteiger charge is 2.48. The van der Waals surface area contributed by atoms with E-state index in [4.69, 9.17) is 9.98 Å². The Hall–Kier alpha value is -9.90. The summed E-state index contributed by atoms with van der Waals surface area (Å²) in [6.45, 7) is 8.44. The van der Waals surface area contributed by atoms with Gasteiger partial charge in [0.2, 0.25) is 5.96 Å². The van der Waals surface area contributed by atoms with Crippen LogP contribution in [0.3, 0.4) is 0 Å². The lowest BCUT2D eigenvalue weighted by molar-refractivity contribution is 0.768. The maximum Gasteiger partial charge on any atom is 0.232 e. The number of aromatic nitrogens is 2. The third-order valence-corrected chi connectivity index (χ3v) is 16.6. The first-order chi connectivity index (χ1) is 38.6. The first-order valence-corrected chi connectivity index (χ1v) is 26.8. The van der Waals surface area contributed by atoms with Crippen molar-refractivity contribution in [3.63, 3.8) is 0 Å². The smallest absolute Gasteiger partial charge is 0.232 e. The Morgan fingerprint density at radius 1 is 0.359 bits per heavy atom. The summed E-state index contributed by atoms with van der Waals surface area (Å²) >= 11 is 0. The van der Waals surface area contributed by atoms with Gasteiger partial charge in [-0.25, -0.2) is 9.98 Å². The van der Waals surface area contributed by atoms with Crippen molar-refractivity contribution in [3.05, 3.63) is 336 Å². The second-order valence-electron chi connectivity index (χ2n) is 20.3. The van der Waals surface area contributed by atoms with Crippen molar-refractivity contribution < 1.29 is 0 Å². The summed E-state index contributed by atoms with van der Waals surface area (Å²) in [6.07, 6.45) is 0. The van der Waals surface area contributed by atoms with Gasteiger partial charge in [-0.05, 0) is 116 Å². The van der Waals surface area contributed by atoms with Crippen molar-refractivity contribution in [1.29, 1.82) is 0 Å². The molecule has 4 nitrogen and oxygen atoms in total. The molecule has 4 heteroatoms. The van der Waals surface area contributed by atoms with Crippen LogP contribution < -0.4 is 0 Å². The Morgan fingerprint density at radius 2 is 0.744 bits per heavy atom. The molecule has 0 fully saturated rings. The van der Waals surface area contributed by atoms with Gasteiger partial charge in [0.1, 0.15) is 6.67 Å². The molecule has 11 aromatic carbocycles. The van der Waals surface area contributed by atoms with E-state index in [9.17, 15) is 0 Å². The zero-order chi connectivity index (χ0) is 52.4. The molecule has 0 radical (unpaired) electrons. The summed E-state index contributed by atoms with van der Waals surface area (Å²) in [5.74, 6) is 0.626. The molecule has 0 atom stereocenters. The molecule has 2 aliphatic carbocycles. The lowest BCUT2D eigenvalue weighted by Crippen LogP contribution is -2.28. The number of nitrogens with zero attached hydrogens (tertiary/aromatic N) is 4. The quantitative estimate of drug-likeness (QED) is 0.0866. The minimum atomic E-state index is -0.538. The number of rotatable bonds is 7. The summed E-state index contributed by atoms with van der Waals surface area (Å²) in [5, 5.41) is 4.70. The topological polar surface area (TPSA) is 34.6 Å². The number of hydrogen-bond acceptors (Lipinski definition) is 1. The second-order valence-corrected chi connectivity index (χ2v) is 20.3. The molecule has 0 amide bonds. The molecule has 0 saturated heterocycles. The molecule has 2 aliphatic rings. The minimum absolute atomic E-state index is 0.334. The number of para-hydroxylation sites is 2. The van der Waals surface area contributed by atoms with Gasteiger partial charge in [-0.15, -0.1) is 13.2 Å². The summed E-state index contributed by atoms with van der Waals surface area (Å²) in [6, 6.07) is 100. The van der Waals surface area contributed by atoms with Crippen LogP contribution in [0.5, 0.6) is 0 Å². The maximum atomic E-state index is 5.75. The SMILES string of the molecule is C/C(=N\C(=N/Cn1c2ccccc2c2cc3c(cc21)-c1ccccc1C3(c1ccccc1)c1ccccc1)n1c2ccccc2c2cc3c(cc21)-c1ccccc1C3(c1ccccc1)c1ccccc1)c1ccccc1.C=C. The monoisotopic (exact) mass is 998 g/mol. The van der Waals surface area contributed by atoms with Gasteiger partial charge in [0, 0.05) is 27.3 Å². The van der Waals surface area contributed by atoms with Gasteiger partial charge in [0.25, 0.3) is 0 Å². The average molecular weight is 999 g/mol. The van der Waals surface area contributed by atoms with E-state index in [2.05, 4.69) is 302 Å². The van der Waals surface area contributed by atoms with Crippen LogP contribution >= 0.6 is 0 Å². The van der Waals surface area contributed by atoms with Crippen LogP contribution in [-0.2, 0) is 17.5 Å². The van der Waals surface area contributed by atoms with Crippen molar-refractivity contribution in [3.8, 4) is 22.3 Å². The summed E-state index contributed by atoms with van der Waals surface area (Å²) in [5.41, 5.74) is 20.3. The van der Waals surface area contributed by atoms with Crippen molar-refractivity contribution >= 4 is 55.3 Å². The molecule has 2 aromatic heterocycles. The molecular weight excluding hydrogens is 945 g/mol. The Bertz CT molecular complexity index is 4410. The largest absolute Gasteiger partial charge is 0.320 e. The van der Waals surface area contributed by atoms with Crippen LogP contribution in [0.1, 0.15) is 57.0 Å². The molecule has 2 heterocycles. The molecule has 0 bridgehead atoms. The third kappa shape index (κ3) is 6.79. The Morgan fingerprint density at radius 3 is 1.24 bits per heavy atom. The molecule has 78 heavy (non-hydrogen) atoms. The number of aliphatic imine (C=N–C) groups is 2. The highest BCUT2D eigenvalue weighted by atomic mass is 15.2. The number of hydrogen-bond donors (Lipinski definition) is 0. The molecule has 0 spiro atoms. The third-order valence-electron chi connectivity index (χ3n) is 16.6. The Kier molecular flexibility index (Phi) is 11.2. The zero-order valence-corrected chi connectivity index (χ0v) is 43.4. The fraction of sp³-hybridized carbons (Fsp3) is 0.0541. The molecule has 0 aliphatic heterocycles. The fourth-order valence-electron chi connectivity index (χ4n) is 13.4. The van der Waals surface area contributed by atoms with Crippen LogP contribution in [0, 0.1) is 0 Å². The minimum Gasteiger partial charge on any atom is -0.320 e.